The molecule has 3 fully saturated rings. The van der Waals surface area contributed by atoms with Crippen molar-refractivity contribution >= 4 is 27.7 Å². The van der Waals surface area contributed by atoms with Crippen LogP contribution in [0.25, 0.3) is 0 Å². The fraction of sp³-hybridized carbons (Fsp3) is 0.609. The molecule has 1 aliphatic carbocycles. The molecule has 0 bridgehead atoms. The van der Waals surface area contributed by atoms with E-state index < -0.39 is 0 Å². The van der Waals surface area contributed by atoms with Crippen molar-refractivity contribution < 1.29 is 9.53 Å². The number of fused-ring (bicyclic) bond motifs is 1. The number of amides is 1. The van der Waals surface area contributed by atoms with Crippen LogP contribution in [0.15, 0.2) is 24.6 Å². The van der Waals surface area contributed by atoms with E-state index in [1.807, 2.05) is 7.05 Å². The summed E-state index contributed by atoms with van der Waals surface area (Å²) in [6.45, 7) is 9.96. The van der Waals surface area contributed by atoms with Gasteiger partial charge in [-0.3, -0.25) is 9.88 Å². The molecule has 3 aliphatic heterocycles. The molecule has 2 unspecified atom stereocenters. The van der Waals surface area contributed by atoms with Gasteiger partial charge in [-0.2, -0.15) is 0 Å². The number of hydrogen-bond donors (Lipinski definition) is 2. The molecule has 2 spiro atoms. The van der Waals surface area contributed by atoms with Gasteiger partial charge in [0.1, 0.15) is 11.4 Å². The Hall–Kier alpha value is -1.56. The summed E-state index contributed by atoms with van der Waals surface area (Å²) >= 11 is 0. The van der Waals surface area contributed by atoms with E-state index in [0.29, 0.717) is 21.1 Å². The van der Waals surface area contributed by atoms with Crippen LogP contribution in [-0.4, -0.2) is 49.8 Å². The van der Waals surface area contributed by atoms with E-state index in [1.165, 1.54) is 37.7 Å². The Balaban J connectivity index is 1.59. The predicted molar refractivity (Wildman–Crippen MR) is 129 cm³/mol. The minimum absolute atomic E-state index is 0.160. The molecule has 4 aliphatic rings. The zero-order valence-electron chi connectivity index (χ0n) is 19.0. The smallest absolute Gasteiger partial charge is 0.257 e. The molecule has 0 radical (unpaired) electrons. The molecule has 1 aromatic rings. The molecule has 6 nitrogen and oxygen atoms in total. The van der Waals surface area contributed by atoms with Crippen LogP contribution in [0.3, 0.4) is 0 Å². The van der Waals surface area contributed by atoms with Crippen LogP contribution in [0.5, 0.6) is 0 Å². The second kappa shape index (κ2) is 7.79. The average molecular weight is 440 g/mol. The van der Waals surface area contributed by atoms with Gasteiger partial charge in [0.25, 0.3) is 5.91 Å². The number of anilines is 1. The van der Waals surface area contributed by atoms with Crippen LogP contribution >= 0.6 is 8.73 Å². The van der Waals surface area contributed by atoms with Crippen LogP contribution < -0.4 is 15.2 Å². The number of nitrogens with one attached hydrogen (secondary N) is 2. The minimum atomic E-state index is -0.316. The van der Waals surface area contributed by atoms with E-state index in [4.69, 9.17) is 4.74 Å². The van der Waals surface area contributed by atoms with Crippen molar-refractivity contribution in [3.05, 3.63) is 41.3 Å². The van der Waals surface area contributed by atoms with Gasteiger partial charge in [0.05, 0.1) is 17.8 Å². The van der Waals surface area contributed by atoms with E-state index >= 15 is 0 Å². The first-order valence-electron chi connectivity index (χ1n) is 11.6. The summed E-state index contributed by atoms with van der Waals surface area (Å²) < 4.78 is 6.09. The molecule has 5 rings (SSSR count). The lowest BCUT2D eigenvalue weighted by Gasteiger charge is -2.55. The highest BCUT2D eigenvalue weighted by Gasteiger charge is 2.66. The molecule has 1 amide bonds. The van der Waals surface area contributed by atoms with E-state index in [0.717, 1.165) is 37.2 Å². The second-order valence-electron chi connectivity index (χ2n) is 9.89. The Morgan fingerprint density at radius 2 is 2.06 bits per heavy atom. The van der Waals surface area contributed by atoms with Gasteiger partial charge in [-0.25, -0.2) is 0 Å². The normalized spacial score (nSPS) is 29.1. The van der Waals surface area contributed by atoms with Gasteiger partial charge in [0, 0.05) is 6.54 Å². The van der Waals surface area contributed by atoms with Crippen LogP contribution in [0.1, 0.15) is 60.0 Å². The largest absolute Gasteiger partial charge is 0.487 e. The van der Waals surface area contributed by atoms with Gasteiger partial charge in [0.2, 0.25) is 7.41 Å². The third-order valence-electron chi connectivity index (χ3n) is 7.91. The third kappa shape index (κ3) is 3.23. The fourth-order valence-electron chi connectivity index (χ4n) is 6.10. The SMILES string of the molecule is C=C(OCBNC)N1c2cc(C)c(C)cc2C(=O)N2CC3(CCCCC3)C[C@]23NPC13. The first kappa shape index (κ1) is 21.3. The van der Waals surface area contributed by atoms with Crippen LogP contribution in [0, 0.1) is 19.3 Å². The van der Waals surface area contributed by atoms with Crippen molar-refractivity contribution in [3.63, 3.8) is 0 Å². The Morgan fingerprint density at radius 1 is 1.32 bits per heavy atom. The summed E-state index contributed by atoms with van der Waals surface area (Å²) in [5.74, 6) is 0.980. The Morgan fingerprint density at radius 3 is 2.74 bits per heavy atom. The Kier molecular flexibility index (Phi) is 5.35. The van der Waals surface area contributed by atoms with Crippen molar-refractivity contribution in [2.75, 3.05) is 25.0 Å². The van der Waals surface area contributed by atoms with Gasteiger partial charge in [-0.05, 0) is 84.1 Å². The average Bonchev–Trinajstić information content (AvgIpc) is 3.07. The maximum atomic E-state index is 14.0. The van der Waals surface area contributed by atoms with Crippen molar-refractivity contribution in [3.8, 4) is 0 Å². The molecule has 0 aromatic heterocycles. The minimum Gasteiger partial charge on any atom is -0.487 e. The van der Waals surface area contributed by atoms with Crippen molar-refractivity contribution in [1.82, 2.24) is 15.2 Å². The second-order valence-corrected chi connectivity index (χ2v) is 11.0. The summed E-state index contributed by atoms with van der Waals surface area (Å²) in [4.78, 5) is 18.4. The number of hydrogen-bond acceptors (Lipinski definition) is 5. The maximum absolute atomic E-state index is 14.0. The maximum Gasteiger partial charge on any atom is 0.257 e. The lowest BCUT2D eigenvalue weighted by Crippen LogP contribution is -2.71. The number of aryl methyl sites for hydroxylation is 2. The van der Waals surface area contributed by atoms with Crippen LogP contribution in [-0.2, 0) is 4.74 Å². The highest BCUT2D eigenvalue weighted by atomic mass is 31.1. The summed E-state index contributed by atoms with van der Waals surface area (Å²) in [7, 11) is 3.23. The van der Waals surface area contributed by atoms with Gasteiger partial charge in [-0.1, -0.05) is 19.3 Å². The molecular formula is C23H34BN4O2P. The standard InChI is InChI=1S/C23H34BN4O2P/c1-15-10-18-19(11-16(15)2)28(17(3)30-14-24-25-4)21-23(26-31-21)12-22(8-6-5-7-9-22)13-27(23)20(18)29/h10-11,21,24-26,31H,3,5-9,12-14H2,1-2,4H3/t21?,23-/m0/s1. The topological polar surface area (TPSA) is 56.8 Å². The summed E-state index contributed by atoms with van der Waals surface area (Å²) in [5.41, 5.74) is 4.02. The lowest BCUT2D eigenvalue weighted by atomic mass is 9.72. The van der Waals surface area contributed by atoms with E-state index in [-0.39, 0.29) is 22.8 Å². The molecule has 2 saturated heterocycles. The molecule has 3 heterocycles. The number of rotatable bonds is 5. The molecule has 2 N–H and O–H groups in total. The highest BCUT2D eigenvalue weighted by Crippen LogP contribution is 2.61. The molecule has 166 valence electrons. The van der Waals surface area contributed by atoms with Gasteiger partial charge in [0.15, 0.2) is 5.88 Å². The number of benzene rings is 1. The molecule has 31 heavy (non-hydrogen) atoms. The molecule has 8 heteroatoms. The fourth-order valence-corrected chi connectivity index (χ4v) is 7.60. The zero-order chi connectivity index (χ0) is 21.8. The molecule has 1 aromatic carbocycles. The molecule has 1 saturated carbocycles. The van der Waals surface area contributed by atoms with Gasteiger partial charge >= 0.3 is 0 Å². The van der Waals surface area contributed by atoms with Crippen molar-refractivity contribution in [2.24, 2.45) is 5.41 Å². The van der Waals surface area contributed by atoms with Crippen molar-refractivity contribution in [1.29, 1.82) is 0 Å². The Bertz CT molecular complexity index is 919. The highest BCUT2D eigenvalue weighted by molar-refractivity contribution is 7.39. The monoisotopic (exact) mass is 440 g/mol. The summed E-state index contributed by atoms with van der Waals surface area (Å²) in [6.07, 6.45) is 7.39. The summed E-state index contributed by atoms with van der Waals surface area (Å²) in [5, 5.41) is 6.90. The number of carbonyl (C=O) groups excluding carboxylic acids is 1. The van der Waals surface area contributed by atoms with Crippen molar-refractivity contribution in [2.45, 2.75) is 63.8 Å². The van der Waals surface area contributed by atoms with Gasteiger partial charge in [-0.15, -0.1) is 0 Å². The number of carbonyl (C=O) groups is 1. The van der Waals surface area contributed by atoms with E-state index in [2.05, 4.69) is 52.7 Å². The van der Waals surface area contributed by atoms with E-state index in [1.54, 1.807) is 0 Å². The van der Waals surface area contributed by atoms with E-state index in [9.17, 15) is 4.79 Å². The zero-order valence-corrected chi connectivity index (χ0v) is 20.0. The lowest BCUT2D eigenvalue weighted by molar-refractivity contribution is 0.0523. The summed E-state index contributed by atoms with van der Waals surface area (Å²) in [6, 6.07) is 4.23. The Labute approximate surface area is 188 Å². The quantitative estimate of drug-likeness (QED) is 0.319. The van der Waals surface area contributed by atoms with Crippen LogP contribution in [0.2, 0.25) is 0 Å². The third-order valence-corrected chi connectivity index (χ3v) is 9.49. The predicted octanol–water partition coefficient (Wildman–Crippen LogP) is 3.16. The number of ether oxygens (including phenoxy) is 1. The number of nitrogens with zero attached hydrogens (tertiary/aromatic N) is 2. The first-order valence-corrected chi connectivity index (χ1v) is 12.7. The molecular weight excluding hydrogens is 406 g/mol. The molecule has 3 atom stereocenters. The van der Waals surface area contributed by atoms with Gasteiger partial charge < -0.3 is 19.8 Å². The first-order chi connectivity index (χ1) is 14.9. The van der Waals surface area contributed by atoms with Crippen LogP contribution in [0.4, 0.5) is 5.69 Å².